The van der Waals surface area contributed by atoms with E-state index in [1.807, 2.05) is 0 Å². The van der Waals surface area contributed by atoms with E-state index < -0.39 is 25.0 Å². The molecule has 0 spiro atoms. The number of carbonyl (C=O) groups is 1. The second-order valence-corrected chi connectivity index (χ2v) is 4.10. The lowest BCUT2D eigenvalue weighted by atomic mass is 10.3. The first-order chi connectivity index (χ1) is 8.87. The monoisotopic (exact) mass is 282 g/mol. The van der Waals surface area contributed by atoms with E-state index in [1.165, 1.54) is 23.0 Å². The first-order valence-electron chi connectivity index (χ1n) is 5.73. The number of methoxy groups -OCH3 is 1. The average molecular weight is 282 g/mol. The van der Waals surface area contributed by atoms with Gasteiger partial charge in [0.1, 0.15) is 12.8 Å². The number of rotatable bonds is 4. The molecule has 110 valence electrons. The average Bonchev–Trinajstić information content (AvgIpc) is 2.33. The van der Waals surface area contributed by atoms with Gasteiger partial charge in [-0.3, -0.25) is 9.80 Å². The molecule has 1 saturated heterocycles. The number of halogens is 3. The molecule has 1 fully saturated rings. The van der Waals surface area contributed by atoms with Gasteiger partial charge in [-0.05, 0) is 0 Å². The van der Waals surface area contributed by atoms with Gasteiger partial charge in [0.05, 0.1) is 6.54 Å². The van der Waals surface area contributed by atoms with Crippen molar-refractivity contribution in [2.75, 3.05) is 39.9 Å². The molecule has 0 aromatic heterocycles. The Morgan fingerprint density at radius 2 is 2.16 bits per heavy atom. The second-order valence-electron chi connectivity index (χ2n) is 4.10. The fourth-order valence-electron chi connectivity index (χ4n) is 1.82. The number of piperazine rings is 1. The van der Waals surface area contributed by atoms with Crippen LogP contribution in [-0.2, 0) is 9.47 Å². The summed E-state index contributed by atoms with van der Waals surface area (Å²) >= 11 is 0. The lowest BCUT2D eigenvalue weighted by molar-refractivity contribution is -0.161. The van der Waals surface area contributed by atoms with Crippen molar-refractivity contribution in [2.45, 2.75) is 12.4 Å². The molecule has 0 aromatic carbocycles. The number of carbonyl (C=O) groups excluding carboxylic acids is 1. The summed E-state index contributed by atoms with van der Waals surface area (Å²) in [5.41, 5.74) is 0. The van der Waals surface area contributed by atoms with Crippen LogP contribution in [0, 0.1) is 0 Å². The minimum atomic E-state index is -4.26. The summed E-state index contributed by atoms with van der Waals surface area (Å²) in [5.74, 6) is 0. The Kier molecular flexibility index (Phi) is 5.61. The third kappa shape index (κ3) is 5.07. The van der Waals surface area contributed by atoms with Crippen LogP contribution in [0.25, 0.3) is 0 Å². The second kappa shape index (κ2) is 6.76. The van der Waals surface area contributed by atoms with Crippen LogP contribution >= 0.6 is 0 Å². The lowest BCUT2D eigenvalue weighted by Crippen LogP contribution is -2.57. The van der Waals surface area contributed by atoms with Crippen molar-refractivity contribution in [1.29, 1.82) is 0 Å². The van der Waals surface area contributed by atoms with Crippen LogP contribution in [0.4, 0.5) is 18.0 Å². The van der Waals surface area contributed by atoms with Gasteiger partial charge in [0, 0.05) is 26.7 Å². The Balaban J connectivity index is 2.55. The van der Waals surface area contributed by atoms with Crippen LogP contribution in [0.15, 0.2) is 12.7 Å². The molecule has 0 aliphatic carbocycles. The topological polar surface area (TPSA) is 42.0 Å². The molecule has 8 heteroatoms. The first kappa shape index (κ1) is 15.8. The molecule has 1 heterocycles. The van der Waals surface area contributed by atoms with Crippen molar-refractivity contribution in [3.63, 3.8) is 0 Å². The quantitative estimate of drug-likeness (QED) is 0.732. The maximum absolute atomic E-state index is 12.3. The Hall–Kier alpha value is -1.28. The minimum Gasteiger partial charge on any atom is -0.445 e. The highest BCUT2D eigenvalue weighted by molar-refractivity contribution is 5.68. The molecule has 0 radical (unpaired) electrons. The molecular weight excluding hydrogens is 265 g/mol. The van der Waals surface area contributed by atoms with E-state index in [9.17, 15) is 18.0 Å². The summed E-state index contributed by atoms with van der Waals surface area (Å²) in [6.07, 6.45) is -4.20. The zero-order valence-electron chi connectivity index (χ0n) is 10.7. The standard InChI is InChI=1S/C11H17F3N2O3/c1-3-6-19-10(17)16-5-4-15(7-9(16)18-2)8-11(12,13)14/h3,9H,1,4-8H2,2H3. The molecule has 1 aliphatic heterocycles. The van der Waals surface area contributed by atoms with Crippen LogP contribution in [0.2, 0.25) is 0 Å². The Morgan fingerprint density at radius 3 is 2.68 bits per heavy atom. The van der Waals surface area contributed by atoms with Crippen molar-refractivity contribution in [3.05, 3.63) is 12.7 Å². The fraction of sp³-hybridized carbons (Fsp3) is 0.727. The van der Waals surface area contributed by atoms with E-state index in [2.05, 4.69) is 6.58 Å². The summed E-state index contributed by atoms with van der Waals surface area (Å²) in [7, 11) is 1.34. The Morgan fingerprint density at radius 1 is 1.47 bits per heavy atom. The first-order valence-corrected chi connectivity index (χ1v) is 5.73. The fourth-order valence-corrected chi connectivity index (χ4v) is 1.82. The minimum absolute atomic E-state index is 0.000794. The molecule has 19 heavy (non-hydrogen) atoms. The van der Waals surface area contributed by atoms with E-state index in [1.54, 1.807) is 0 Å². The van der Waals surface area contributed by atoms with E-state index in [0.29, 0.717) is 0 Å². The van der Waals surface area contributed by atoms with Gasteiger partial charge in [-0.1, -0.05) is 12.7 Å². The predicted molar refractivity (Wildman–Crippen MR) is 61.5 cm³/mol. The summed E-state index contributed by atoms with van der Waals surface area (Å²) < 4.78 is 46.8. The van der Waals surface area contributed by atoms with Gasteiger partial charge in [0.25, 0.3) is 0 Å². The highest BCUT2D eigenvalue weighted by atomic mass is 19.4. The van der Waals surface area contributed by atoms with Gasteiger partial charge < -0.3 is 9.47 Å². The van der Waals surface area contributed by atoms with Crippen molar-refractivity contribution in [1.82, 2.24) is 9.80 Å². The largest absolute Gasteiger partial charge is 0.445 e. The van der Waals surface area contributed by atoms with Crippen molar-refractivity contribution < 1.29 is 27.4 Å². The van der Waals surface area contributed by atoms with E-state index >= 15 is 0 Å². The molecule has 1 amide bonds. The Labute approximate surface area is 109 Å². The van der Waals surface area contributed by atoms with Crippen molar-refractivity contribution >= 4 is 6.09 Å². The number of alkyl halides is 3. The SMILES string of the molecule is C=CCOC(=O)N1CCN(CC(F)(F)F)CC1OC. The smallest absolute Gasteiger partial charge is 0.412 e. The van der Waals surface area contributed by atoms with Crippen LogP contribution < -0.4 is 0 Å². The molecule has 0 N–H and O–H groups in total. The molecule has 1 atom stereocenters. The Bertz CT molecular complexity index is 323. The van der Waals surface area contributed by atoms with Crippen LogP contribution in [-0.4, -0.2) is 68.2 Å². The number of amides is 1. The van der Waals surface area contributed by atoms with Gasteiger partial charge in [0.15, 0.2) is 0 Å². The van der Waals surface area contributed by atoms with Crippen LogP contribution in [0.1, 0.15) is 0 Å². The van der Waals surface area contributed by atoms with Gasteiger partial charge in [-0.25, -0.2) is 4.79 Å². The van der Waals surface area contributed by atoms with Gasteiger partial charge in [0.2, 0.25) is 0 Å². The molecular formula is C11H17F3N2O3. The zero-order chi connectivity index (χ0) is 14.5. The predicted octanol–water partition coefficient (Wildman–Crippen LogP) is 1.46. The number of ether oxygens (including phenoxy) is 2. The van der Waals surface area contributed by atoms with E-state index in [4.69, 9.17) is 9.47 Å². The van der Waals surface area contributed by atoms with Crippen LogP contribution in [0.5, 0.6) is 0 Å². The van der Waals surface area contributed by atoms with Crippen molar-refractivity contribution in [3.8, 4) is 0 Å². The lowest BCUT2D eigenvalue weighted by Gasteiger charge is -2.39. The summed E-state index contributed by atoms with van der Waals surface area (Å²) in [4.78, 5) is 14.1. The maximum atomic E-state index is 12.3. The maximum Gasteiger partial charge on any atom is 0.412 e. The molecule has 0 bridgehead atoms. The summed E-state index contributed by atoms with van der Waals surface area (Å²) in [6.45, 7) is 2.71. The summed E-state index contributed by atoms with van der Waals surface area (Å²) in [6, 6.07) is 0. The number of nitrogens with zero attached hydrogens (tertiary/aromatic N) is 2. The number of hydrogen-bond donors (Lipinski definition) is 0. The molecule has 5 nitrogen and oxygen atoms in total. The van der Waals surface area contributed by atoms with E-state index in [0.717, 1.165) is 0 Å². The van der Waals surface area contributed by atoms with E-state index in [-0.39, 0.29) is 26.2 Å². The van der Waals surface area contributed by atoms with Gasteiger partial charge in [-0.15, -0.1) is 0 Å². The third-order valence-electron chi connectivity index (χ3n) is 2.65. The molecule has 1 aliphatic rings. The van der Waals surface area contributed by atoms with Crippen molar-refractivity contribution in [2.24, 2.45) is 0 Å². The number of hydrogen-bond acceptors (Lipinski definition) is 4. The van der Waals surface area contributed by atoms with Crippen LogP contribution in [0.3, 0.4) is 0 Å². The third-order valence-corrected chi connectivity index (χ3v) is 2.65. The zero-order valence-corrected chi connectivity index (χ0v) is 10.7. The summed E-state index contributed by atoms with van der Waals surface area (Å²) in [5, 5.41) is 0. The molecule has 0 aromatic rings. The molecule has 0 saturated carbocycles. The highest BCUT2D eigenvalue weighted by Gasteiger charge is 2.37. The van der Waals surface area contributed by atoms with Gasteiger partial charge in [-0.2, -0.15) is 13.2 Å². The highest BCUT2D eigenvalue weighted by Crippen LogP contribution is 2.20. The molecule has 1 unspecified atom stereocenters. The van der Waals surface area contributed by atoms with Gasteiger partial charge >= 0.3 is 12.3 Å². The normalized spacial score (nSPS) is 21.3. The molecule has 1 rings (SSSR count).